The van der Waals surface area contributed by atoms with Crippen LogP contribution >= 0.6 is 0 Å². The quantitative estimate of drug-likeness (QED) is 0.787. The average molecular weight is 273 g/mol. The summed E-state index contributed by atoms with van der Waals surface area (Å²) in [6.07, 6.45) is -5.30. The van der Waals surface area contributed by atoms with Crippen LogP contribution in [-0.2, 0) is 17.4 Å². The first kappa shape index (κ1) is 13.3. The molecule has 19 heavy (non-hydrogen) atoms. The van der Waals surface area contributed by atoms with Gasteiger partial charge in [-0.1, -0.05) is 0 Å². The maximum absolute atomic E-state index is 13.0. The molecule has 0 bridgehead atoms. The molecule has 2 rings (SSSR count). The van der Waals surface area contributed by atoms with Crippen LogP contribution in [0.25, 0.3) is 10.9 Å². The Labute approximate surface area is 105 Å². The van der Waals surface area contributed by atoms with Crippen LogP contribution in [0.1, 0.15) is 16.8 Å². The molecule has 0 aliphatic rings. The third-order valence-corrected chi connectivity index (χ3v) is 2.87. The van der Waals surface area contributed by atoms with Crippen molar-refractivity contribution in [1.82, 2.24) is 4.98 Å². The van der Waals surface area contributed by atoms with E-state index in [1.807, 2.05) is 0 Å². The number of hydrogen-bond acceptors (Lipinski definition) is 2. The summed E-state index contributed by atoms with van der Waals surface area (Å²) in [4.78, 5) is 13.4. The molecule has 0 amide bonds. The van der Waals surface area contributed by atoms with Crippen molar-refractivity contribution >= 4 is 16.9 Å². The number of carboxylic acids is 1. The van der Waals surface area contributed by atoms with Crippen molar-refractivity contribution in [2.24, 2.45) is 0 Å². The first-order chi connectivity index (χ1) is 8.71. The Bertz CT molecular complexity index is 658. The van der Waals surface area contributed by atoms with Crippen molar-refractivity contribution in [3.63, 3.8) is 0 Å². The Balaban J connectivity index is 2.86. The Morgan fingerprint density at radius 1 is 1.37 bits per heavy atom. The van der Waals surface area contributed by atoms with E-state index in [0.29, 0.717) is 5.69 Å². The average Bonchev–Trinajstić information content (AvgIpc) is 2.53. The van der Waals surface area contributed by atoms with E-state index in [9.17, 15) is 23.1 Å². The minimum Gasteiger partial charge on any atom is -0.507 e. The van der Waals surface area contributed by atoms with Crippen LogP contribution < -0.4 is 0 Å². The predicted octanol–water partition coefficient (Wildman–Crippen LogP) is 2.83. The number of carboxylic acid groups (broad SMARTS) is 1. The van der Waals surface area contributed by atoms with Gasteiger partial charge in [0.15, 0.2) is 0 Å². The van der Waals surface area contributed by atoms with Crippen LogP contribution in [0.4, 0.5) is 13.2 Å². The summed E-state index contributed by atoms with van der Waals surface area (Å²) < 4.78 is 39.0. The molecular weight excluding hydrogens is 263 g/mol. The van der Waals surface area contributed by atoms with Crippen LogP contribution in [0.2, 0.25) is 0 Å². The summed E-state index contributed by atoms with van der Waals surface area (Å²) in [6, 6.07) is 2.23. The monoisotopic (exact) mass is 273 g/mol. The lowest BCUT2D eigenvalue weighted by Crippen LogP contribution is -2.08. The first-order valence-corrected chi connectivity index (χ1v) is 5.34. The minimum absolute atomic E-state index is 0.0331. The summed E-state index contributed by atoms with van der Waals surface area (Å²) >= 11 is 0. The van der Waals surface area contributed by atoms with E-state index in [1.165, 1.54) is 13.0 Å². The van der Waals surface area contributed by atoms with Crippen LogP contribution in [0.15, 0.2) is 12.1 Å². The van der Waals surface area contributed by atoms with E-state index in [0.717, 1.165) is 6.07 Å². The van der Waals surface area contributed by atoms with Gasteiger partial charge in [0, 0.05) is 16.6 Å². The summed E-state index contributed by atoms with van der Waals surface area (Å²) in [5.74, 6) is -2.15. The fourth-order valence-corrected chi connectivity index (χ4v) is 2.13. The van der Waals surface area contributed by atoms with Gasteiger partial charge in [-0.15, -0.1) is 0 Å². The Morgan fingerprint density at radius 3 is 2.53 bits per heavy atom. The van der Waals surface area contributed by atoms with E-state index in [1.54, 1.807) is 0 Å². The SMILES string of the molecule is Cc1[nH]c2ccc(O)c(C(F)(F)F)c2c1CC(=O)O. The number of fused-ring (bicyclic) bond motifs is 1. The van der Waals surface area contributed by atoms with Crippen molar-refractivity contribution in [1.29, 1.82) is 0 Å². The molecule has 0 radical (unpaired) electrons. The van der Waals surface area contributed by atoms with E-state index >= 15 is 0 Å². The second kappa shape index (κ2) is 4.18. The van der Waals surface area contributed by atoms with Crippen molar-refractivity contribution in [2.45, 2.75) is 19.5 Å². The lowest BCUT2D eigenvalue weighted by atomic mass is 10.0. The zero-order valence-electron chi connectivity index (χ0n) is 9.80. The number of aryl methyl sites for hydroxylation is 1. The second-order valence-electron chi connectivity index (χ2n) is 4.18. The van der Waals surface area contributed by atoms with Gasteiger partial charge in [-0.05, 0) is 24.6 Å². The maximum atomic E-state index is 13.0. The summed E-state index contributed by atoms with van der Waals surface area (Å²) in [7, 11) is 0. The highest BCUT2D eigenvalue weighted by Gasteiger charge is 2.37. The molecular formula is C12H10F3NO3. The number of alkyl halides is 3. The Hall–Kier alpha value is -2.18. The lowest BCUT2D eigenvalue weighted by molar-refractivity contribution is -0.138. The van der Waals surface area contributed by atoms with Gasteiger partial charge in [-0.2, -0.15) is 13.2 Å². The largest absolute Gasteiger partial charge is 0.507 e. The molecule has 1 aromatic carbocycles. The highest BCUT2D eigenvalue weighted by atomic mass is 19.4. The van der Waals surface area contributed by atoms with Crippen molar-refractivity contribution in [3.8, 4) is 5.75 Å². The van der Waals surface area contributed by atoms with Gasteiger partial charge < -0.3 is 15.2 Å². The predicted molar refractivity (Wildman–Crippen MR) is 61.0 cm³/mol. The van der Waals surface area contributed by atoms with Crippen LogP contribution in [0.5, 0.6) is 5.75 Å². The Kier molecular flexibility index (Phi) is 2.92. The molecule has 0 aliphatic carbocycles. The first-order valence-electron chi connectivity index (χ1n) is 5.34. The zero-order chi connectivity index (χ0) is 14.4. The molecule has 4 nitrogen and oxygen atoms in total. The smallest absolute Gasteiger partial charge is 0.420 e. The summed E-state index contributed by atoms with van der Waals surface area (Å²) in [6.45, 7) is 1.50. The number of aliphatic carboxylic acids is 1. The fraction of sp³-hybridized carbons (Fsp3) is 0.250. The molecule has 0 fully saturated rings. The fourth-order valence-electron chi connectivity index (χ4n) is 2.13. The number of halogens is 3. The molecule has 0 aliphatic heterocycles. The Morgan fingerprint density at radius 2 is 2.00 bits per heavy atom. The molecule has 3 N–H and O–H groups in total. The zero-order valence-corrected chi connectivity index (χ0v) is 9.80. The number of H-pyrrole nitrogens is 1. The molecule has 2 aromatic rings. The molecule has 0 atom stereocenters. The number of aromatic amines is 1. The molecule has 0 saturated carbocycles. The van der Waals surface area contributed by atoms with E-state index < -0.39 is 29.9 Å². The second-order valence-corrected chi connectivity index (χ2v) is 4.18. The number of nitrogens with one attached hydrogen (secondary N) is 1. The van der Waals surface area contributed by atoms with E-state index in [2.05, 4.69) is 4.98 Å². The summed E-state index contributed by atoms with van der Waals surface area (Å²) in [5.41, 5.74) is -0.677. The number of benzene rings is 1. The molecule has 0 spiro atoms. The lowest BCUT2D eigenvalue weighted by Gasteiger charge is -2.11. The molecule has 7 heteroatoms. The number of carbonyl (C=O) groups is 1. The van der Waals surface area contributed by atoms with E-state index in [4.69, 9.17) is 5.11 Å². The summed E-state index contributed by atoms with van der Waals surface area (Å²) in [5, 5.41) is 17.9. The van der Waals surface area contributed by atoms with Gasteiger partial charge in [-0.25, -0.2) is 0 Å². The molecule has 0 saturated heterocycles. The molecule has 102 valence electrons. The number of aromatic nitrogens is 1. The number of phenolic OH excluding ortho intramolecular Hbond substituents is 1. The van der Waals surface area contributed by atoms with Crippen molar-refractivity contribution < 1.29 is 28.2 Å². The number of hydrogen-bond donors (Lipinski definition) is 3. The van der Waals surface area contributed by atoms with Crippen LogP contribution in [-0.4, -0.2) is 21.2 Å². The molecule has 0 unspecified atom stereocenters. The van der Waals surface area contributed by atoms with Gasteiger partial charge in [0.05, 0.1) is 6.42 Å². The van der Waals surface area contributed by atoms with Gasteiger partial charge in [0.2, 0.25) is 0 Å². The van der Waals surface area contributed by atoms with Crippen molar-refractivity contribution in [2.75, 3.05) is 0 Å². The van der Waals surface area contributed by atoms with Crippen LogP contribution in [0.3, 0.4) is 0 Å². The van der Waals surface area contributed by atoms with Gasteiger partial charge >= 0.3 is 12.1 Å². The maximum Gasteiger partial charge on any atom is 0.420 e. The number of phenols is 1. The van der Waals surface area contributed by atoms with E-state index in [-0.39, 0.29) is 16.5 Å². The topological polar surface area (TPSA) is 73.3 Å². The van der Waals surface area contributed by atoms with Gasteiger partial charge in [0.25, 0.3) is 0 Å². The standard InChI is InChI=1S/C12H10F3NO3/c1-5-6(4-9(18)19)10-7(16-5)2-3-8(17)11(10)12(13,14)15/h2-3,16-17H,4H2,1H3,(H,18,19). The molecule has 1 aromatic heterocycles. The highest BCUT2D eigenvalue weighted by molar-refractivity contribution is 5.92. The number of aromatic hydroxyl groups is 1. The highest BCUT2D eigenvalue weighted by Crippen LogP contribution is 2.42. The van der Waals surface area contributed by atoms with Crippen LogP contribution in [0, 0.1) is 6.92 Å². The number of rotatable bonds is 2. The van der Waals surface area contributed by atoms with Gasteiger partial charge in [0.1, 0.15) is 11.3 Å². The minimum atomic E-state index is -4.76. The molecule has 1 heterocycles. The third-order valence-electron chi connectivity index (χ3n) is 2.87. The van der Waals surface area contributed by atoms with Crippen molar-refractivity contribution in [3.05, 3.63) is 29.0 Å². The van der Waals surface area contributed by atoms with Gasteiger partial charge in [-0.3, -0.25) is 4.79 Å². The normalized spacial score (nSPS) is 12.0. The third kappa shape index (κ3) is 2.23.